The van der Waals surface area contributed by atoms with E-state index in [-0.39, 0.29) is 36.2 Å². The van der Waals surface area contributed by atoms with E-state index in [4.69, 9.17) is 41.1 Å². The minimum atomic E-state index is -4.16. The molecule has 14 nitrogen and oxygen atoms in total. The van der Waals surface area contributed by atoms with Crippen LogP contribution in [0.2, 0.25) is 0 Å². The molecule has 9 aromatic rings. The van der Waals surface area contributed by atoms with E-state index in [1.54, 1.807) is 91.0 Å². The van der Waals surface area contributed by atoms with Crippen molar-refractivity contribution in [3.05, 3.63) is 211 Å². The van der Waals surface area contributed by atoms with Crippen LogP contribution in [0.5, 0.6) is 0 Å². The summed E-state index contributed by atoms with van der Waals surface area (Å²) in [6.07, 6.45) is 4.35. The minimum absolute atomic E-state index is 0.00589. The van der Waals surface area contributed by atoms with Gasteiger partial charge < -0.3 is 4.98 Å². The number of nitrogens with zero attached hydrogens (tertiary/aromatic N) is 5. The van der Waals surface area contributed by atoms with E-state index >= 15 is 0 Å². The summed E-state index contributed by atoms with van der Waals surface area (Å²) >= 11 is 0. The van der Waals surface area contributed by atoms with Gasteiger partial charge in [0.05, 0.1) is 45.4 Å². The molecule has 326 valence electrons. The molecule has 0 spiro atoms. The normalized spacial score (nSPS) is 11.4. The molecule has 3 heterocycles. The van der Waals surface area contributed by atoms with Crippen molar-refractivity contribution < 1.29 is 33.7 Å². The highest BCUT2D eigenvalue weighted by Crippen LogP contribution is 2.33. The Morgan fingerprint density at radius 2 is 0.923 bits per heavy atom. The molecule has 0 aliphatic heterocycles. The summed E-state index contributed by atoms with van der Waals surface area (Å²) in [5.41, 5.74) is 2.90. The lowest BCUT2D eigenvalue weighted by atomic mass is 10.2. The Bertz CT molecular complexity index is 3790. The van der Waals surface area contributed by atoms with E-state index < -0.39 is 38.1 Å². The summed E-state index contributed by atoms with van der Waals surface area (Å²) in [5, 5.41) is 2.08. The van der Waals surface area contributed by atoms with Gasteiger partial charge in [-0.2, -0.15) is 0 Å². The number of rotatable bonds is 6. The van der Waals surface area contributed by atoms with Crippen molar-refractivity contribution in [2.24, 2.45) is 0 Å². The standard InChI is InChI=1S/C15H9ClN2O4S2.C15H10N2O2S.C9H6N2.C6H5ClO2S/c1-17-11-7-8-13-14(9-11)18(10-15(13)23(16,19)20)24(21,22)12-5-3-2-4-6-12;1-16-13-8-7-12-9-10-17(15(12)11-13)20(18,19)14-5-3-2-4-6-14;1-10-8-3-2-7-4-5-11-9(7)6-8;7-10(8,9)6-4-2-1-3-5-6/h2-10H;2-11H;2-6,11H;1-5H. The van der Waals surface area contributed by atoms with E-state index in [1.807, 2.05) is 30.5 Å². The van der Waals surface area contributed by atoms with Crippen LogP contribution >= 0.6 is 21.4 Å². The van der Waals surface area contributed by atoms with E-state index in [0.29, 0.717) is 16.9 Å². The highest BCUT2D eigenvalue weighted by atomic mass is 35.7. The molecule has 0 atom stereocenters. The molecule has 6 aromatic carbocycles. The van der Waals surface area contributed by atoms with Gasteiger partial charge in [0.15, 0.2) is 17.1 Å². The Morgan fingerprint density at radius 3 is 1.42 bits per heavy atom. The lowest BCUT2D eigenvalue weighted by molar-refractivity contribution is 0.587. The molecule has 65 heavy (non-hydrogen) atoms. The number of fused-ring (bicyclic) bond motifs is 3. The van der Waals surface area contributed by atoms with Crippen LogP contribution in [-0.2, 0) is 38.1 Å². The number of benzene rings is 6. The predicted octanol–water partition coefficient (Wildman–Crippen LogP) is 11.1. The van der Waals surface area contributed by atoms with Gasteiger partial charge in [-0.05, 0) is 77.5 Å². The first-order valence-electron chi connectivity index (χ1n) is 18.4. The first-order valence-corrected chi connectivity index (χ1v) is 25.9. The van der Waals surface area contributed by atoms with Gasteiger partial charge >= 0.3 is 0 Å². The summed E-state index contributed by atoms with van der Waals surface area (Å²) in [4.78, 5) is 13.0. The van der Waals surface area contributed by atoms with Crippen molar-refractivity contribution in [1.82, 2.24) is 12.9 Å². The molecule has 1 N–H and O–H groups in total. The molecule has 0 aliphatic rings. The fraction of sp³-hybridized carbons (Fsp3) is 0. The monoisotopic (exact) mass is 980 g/mol. The van der Waals surface area contributed by atoms with Crippen LogP contribution in [0, 0.1) is 19.7 Å². The number of H-pyrrole nitrogens is 1. The Labute approximate surface area is 383 Å². The van der Waals surface area contributed by atoms with Crippen LogP contribution in [0.15, 0.2) is 196 Å². The largest absolute Gasteiger partial charge is 0.362 e. The lowest BCUT2D eigenvalue weighted by Gasteiger charge is -2.07. The smallest absolute Gasteiger partial charge is 0.268 e. The maximum Gasteiger partial charge on any atom is 0.268 e. The summed E-state index contributed by atoms with van der Waals surface area (Å²) < 4.78 is 97.7. The van der Waals surface area contributed by atoms with Gasteiger partial charge in [-0.1, -0.05) is 91.0 Å². The molecule has 3 aromatic heterocycles. The second-order valence-electron chi connectivity index (χ2n) is 13.3. The number of halogens is 2. The zero-order chi connectivity index (χ0) is 47.0. The fourth-order valence-electron chi connectivity index (χ4n) is 6.09. The Hall–Kier alpha value is -7.21. The highest BCUT2D eigenvalue weighted by molar-refractivity contribution is 8.14. The van der Waals surface area contributed by atoms with Crippen molar-refractivity contribution in [2.45, 2.75) is 19.6 Å². The van der Waals surface area contributed by atoms with Crippen molar-refractivity contribution >= 4 is 109 Å². The third kappa shape index (κ3) is 10.9. The predicted molar refractivity (Wildman–Crippen MR) is 252 cm³/mol. The molecular weight excluding hydrogens is 952 g/mol. The van der Waals surface area contributed by atoms with Crippen LogP contribution in [0.3, 0.4) is 0 Å². The van der Waals surface area contributed by atoms with Crippen LogP contribution in [0.4, 0.5) is 17.1 Å². The van der Waals surface area contributed by atoms with Crippen LogP contribution in [0.1, 0.15) is 0 Å². The second-order valence-corrected chi connectivity index (χ2v) is 22.0. The van der Waals surface area contributed by atoms with Crippen molar-refractivity contribution in [1.29, 1.82) is 0 Å². The molecule has 0 saturated carbocycles. The number of aromatic nitrogens is 3. The third-order valence-electron chi connectivity index (χ3n) is 9.17. The van der Waals surface area contributed by atoms with Gasteiger partial charge in [-0.3, -0.25) is 0 Å². The van der Waals surface area contributed by atoms with E-state index in [0.717, 1.165) is 26.5 Å². The summed E-state index contributed by atoms with van der Waals surface area (Å²) in [7, 11) is -4.91. The molecule has 20 heteroatoms. The zero-order valence-corrected chi connectivity index (χ0v) is 37.9. The number of aromatic amines is 1. The quantitative estimate of drug-likeness (QED) is 0.126. The molecular formula is C45H30Cl2N6O8S4. The van der Waals surface area contributed by atoms with E-state index in [1.165, 1.54) is 52.6 Å². The summed E-state index contributed by atoms with van der Waals surface area (Å²) in [6, 6.07) is 42.1. The average molecular weight is 982 g/mol. The molecule has 0 unspecified atom stereocenters. The Morgan fingerprint density at radius 1 is 0.462 bits per heavy atom. The first kappa shape index (κ1) is 47.3. The maximum atomic E-state index is 12.8. The van der Waals surface area contributed by atoms with Gasteiger partial charge in [0.1, 0.15) is 4.90 Å². The lowest BCUT2D eigenvalue weighted by Crippen LogP contribution is -2.11. The maximum absolute atomic E-state index is 12.8. The molecule has 0 amide bonds. The molecule has 0 aliphatic carbocycles. The molecule has 0 radical (unpaired) electrons. The molecule has 0 bridgehead atoms. The molecule has 0 saturated heterocycles. The zero-order valence-electron chi connectivity index (χ0n) is 33.1. The topological polar surface area (TPSA) is 175 Å². The first-order chi connectivity index (χ1) is 30.9. The van der Waals surface area contributed by atoms with Crippen molar-refractivity contribution in [3.8, 4) is 0 Å². The fourth-order valence-corrected chi connectivity index (χ4v) is 10.7. The third-order valence-corrected chi connectivity index (χ3v) is 15.3. The van der Waals surface area contributed by atoms with Crippen molar-refractivity contribution in [2.75, 3.05) is 0 Å². The SMILES string of the molecule is O=S(=O)(Cl)c1ccccc1.[C-]#[N+]c1ccc2c(S(=O)(=O)Cl)cn(S(=O)(=O)c3ccccc3)c2c1.[C-]#[N+]c1ccc2cc[nH]c2c1.[C-]#[N+]c1ccc2ccn(S(=O)(=O)c3ccccc3)c2c1. The van der Waals surface area contributed by atoms with Crippen molar-refractivity contribution in [3.63, 3.8) is 0 Å². The molecule has 9 rings (SSSR count). The van der Waals surface area contributed by atoms with Crippen LogP contribution < -0.4 is 0 Å². The van der Waals surface area contributed by atoms with Gasteiger partial charge in [0.2, 0.25) is 0 Å². The number of nitrogens with one attached hydrogen (secondary N) is 1. The Kier molecular flexibility index (Phi) is 14.3. The van der Waals surface area contributed by atoms with Crippen LogP contribution in [-0.4, -0.2) is 46.6 Å². The minimum Gasteiger partial charge on any atom is -0.362 e. The van der Waals surface area contributed by atoms with Crippen LogP contribution in [0.25, 0.3) is 47.2 Å². The van der Waals surface area contributed by atoms with Gasteiger partial charge in [0, 0.05) is 50.9 Å². The number of hydrogen-bond acceptors (Lipinski definition) is 8. The number of hydrogen-bond donors (Lipinski definition) is 1. The summed E-state index contributed by atoms with van der Waals surface area (Å²) in [5.74, 6) is 0. The second kappa shape index (κ2) is 19.7. The summed E-state index contributed by atoms with van der Waals surface area (Å²) in [6.45, 7) is 20.9. The van der Waals surface area contributed by atoms with Gasteiger partial charge in [-0.15, -0.1) is 0 Å². The van der Waals surface area contributed by atoms with E-state index in [2.05, 4.69) is 19.5 Å². The average Bonchev–Trinajstić information content (AvgIpc) is 4.07. The molecule has 0 fully saturated rings. The highest BCUT2D eigenvalue weighted by Gasteiger charge is 2.26. The van der Waals surface area contributed by atoms with Gasteiger partial charge in [-0.25, -0.2) is 56.2 Å². The van der Waals surface area contributed by atoms with E-state index in [9.17, 15) is 33.7 Å². The van der Waals surface area contributed by atoms with Gasteiger partial charge in [0.25, 0.3) is 38.1 Å². The Balaban J connectivity index is 0.000000153.